The largest absolute Gasteiger partial charge is 0.481 e. The van der Waals surface area contributed by atoms with Gasteiger partial charge >= 0.3 is 5.97 Å². The number of nitrogens with zero attached hydrogens (tertiary/aromatic N) is 1. The number of rotatable bonds is 4. The lowest BCUT2D eigenvalue weighted by atomic mass is 10.1. The van der Waals surface area contributed by atoms with E-state index in [-0.39, 0.29) is 24.0 Å². The highest BCUT2D eigenvalue weighted by atomic mass is 16.4. The number of carboxylic acids is 1. The van der Waals surface area contributed by atoms with Gasteiger partial charge in [-0.3, -0.25) is 14.4 Å². The molecule has 0 aliphatic carbocycles. The topological polar surface area (TPSA) is 90.5 Å². The number of amides is 1. The van der Waals surface area contributed by atoms with Crippen LogP contribution >= 0.6 is 0 Å². The van der Waals surface area contributed by atoms with E-state index in [1.807, 2.05) is 0 Å². The molecule has 6 heteroatoms. The van der Waals surface area contributed by atoms with Gasteiger partial charge in [-0.25, -0.2) is 0 Å². The molecule has 6 nitrogen and oxygen atoms in total. The summed E-state index contributed by atoms with van der Waals surface area (Å²) in [5.74, 6) is -1.09. The van der Waals surface area contributed by atoms with Crippen molar-refractivity contribution >= 4 is 17.7 Å². The summed E-state index contributed by atoms with van der Waals surface area (Å²) in [5, 5.41) is 8.73. The van der Waals surface area contributed by atoms with Gasteiger partial charge in [0.15, 0.2) is 5.78 Å². The number of carbonyl (C=O) groups excluding carboxylic acids is 2. The van der Waals surface area contributed by atoms with Crippen molar-refractivity contribution in [2.24, 2.45) is 5.92 Å². The number of hydrogen-bond acceptors (Lipinski definition) is 3. The number of aliphatic carboxylic acids is 1. The molecule has 1 aliphatic heterocycles. The lowest BCUT2D eigenvalue weighted by Gasteiger charge is -2.15. The van der Waals surface area contributed by atoms with E-state index in [1.54, 1.807) is 4.90 Å². The predicted octanol–water partition coefficient (Wildman–Crippen LogP) is 1.15. The molecule has 1 amide bonds. The van der Waals surface area contributed by atoms with Gasteiger partial charge in [-0.1, -0.05) is 0 Å². The van der Waals surface area contributed by atoms with E-state index in [9.17, 15) is 14.4 Å². The molecule has 19 heavy (non-hydrogen) atoms. The van der Waals surface area contributed by atoms with Gasteiger partial charge in [0.05, 0.1) is 0 Å². The Hall–Kier alpha value is -2.11. The average molecular weight is 264 g/mol. The minimum Gasteiger partial charge on any atom is -0.481 e. The fraction of sp³-hybridized carbons (Fsp3) is 0.462. The summed E-state index contributed by atoms with van der Waals surface area (Å²) in [6, 6.07) is 1.54. The zero-order chi connectivity index (χ0) is 14.0. The zero-order valence-corrected chi connectivity index (χ0v) is 10.7. The van der Waals surface area contributed by atoms with Crippen LogP contribution in [0.2, 0.25) is 0 Å². The molecule has 1 saturated heterocycles. The molecule has 0 saturated carbocycles. The van der Waals surface area contributed by atoms with E-state index < -0.39 is 5.97 Å². The summed E-state index contributed by atoms with van der Waals surface area (Å²) in [6.45, 7) is 2.46. The van der Waals surface area contributed by atoms with Crippen LogP contribution in [0.25, 0.3) is 0 Å². The summed E-state index contributed by atoms with van der Waals surface area (Å²) in [6.07, 6.45) is 2.31. The Balaban J connectivity index is 2.00. The molecule has 2 N–H and O–H groups in total. The highest BCUT2D eigenvalue weighted by molar-refractivity contribution is 5.99. The molecule has 0 bridgehead atoms. The van der Waals surface area contributed by atoms with Crippen molar-refractivity contribution in [1.29, 1.82) is 0 Å². The quantitative estimate of drug-likeness (QED) is 0.798. The molecule has 102 valence electrons. The van der Waals surface area contributed by atoms with Crippen LogP contribution in [0, 0.1) is 5.92 Å². The molecule has 1 atom stereocenters. The van der Waals surface area contributed by atoms with Gasteiger partial charge in [-0.2, -0.15) is 0 Å². The standard InChI is InChI=1S/C13H16N2O4/c1-8(16)10-5-11(14-6-10)13(19)15-3-2-9(7-15)4-12(17)18/h5-6,9,14H,2-4,7H2,1H3,(H,17,18). The normalized spacial score (nSPS) is 18.6. The number of nitrogens with one attached hydrogen (secondary N) is 1. The fourth-order valence-corrected chi connectivity index (χ4v) is 2.32. The average Bonchev–Trinajstić information content (AvgIpc) is 2.95. The van der Waals surface area contributed by atoms with Gasteiger partial charge in [0.1, 0.15) is 5.69 Å². The first kappa shape index (κ1) is 13.3. The second-order valence-electron chi connectivity index (χ2n) is 4.86. The Bertz CT molecular complexity index is 520. The number of carbonyl (C=O) groups is 3. The van der Waals surface area contributed by atoms with Gasteiger partial charge in [0.2, 0.25) is 0 Å². The van der Waals surface area contributed by atoms with Gasteiger partial charge < -0.3 is 15.0 Å². The Morgan fingerprint density at radius 1 is 1.47 bits per heavy atom. The molecule has 0 radical (unpaired) electrons. The number of likely N-dealkylation sites (tertiary alicyclic amines) is 1. The summed E-state index contributed by atoms with van der Waals surface area (Å²) in [5.41, 5.74) is 0.853. The number of carboxylic acid groups (broad SMARTS) is 1. The molecule has 0 aromatic carbocycles. The van der Waals surface area contributed by atoms with Crippen LogP contribution in [0.3, 0.4) is 0 Å². The van der Waals surface area contributed by atoms with Crippen LogP contribution in [0.4, 0.5) is 0 Å². The van der Waals surface area contributed by atoms with Crippen LogP contribution in [0.1, 0.15) is 40.6 Å². The molecule has 1 aromatic heterocycles. The Labute approximate surface area is 110 Å². The minimum absolute atomic E-state index is 0.0173. The highest BCUT2D eigenvalue weighted by Gasteiger charge is 2.29. The zero-order valence-electron chi connectivity index (χ0n) is 10.7. The third-order valence-corrected chi connectivity index (χ3v) is 3.36. The van der Waals surface area contributed by atoms with Crippen LogP contribution in [0.15, 0.2) is 12.3 Å². The van der Waals surface area contributed by atoms with Gasteiger partial charge in [0.25, 0.3) is 5.91 Å². The Morgan fingerprint density at radius 2 is 2.21 bits per heavy atom. The van der Waals surface area contributed by atoms with Gasteiger partial charge in [-0.15, -0.1) is 0 Å². The molecule has 1 unspecified atom stereocenters. The van der Waals surface area contributed by atoms with Crippen molar-refractivity contribution in [3.05, 3.63) is 23.5 Å². The van der Waals surface area contributed by atoms with Crippen molar-refractivity contribution in [3.8, 4) is 0 Å². The maximum atomic E-state index is 12.2. The van der Waals surface area contributed by atoms with Crippen molar-refractivity contribution in [2.45, 2.75) is 19.8 Å². The lowest BCUT2D eigenvalue weighted by molar-refractivity contribution is -0.138. The molecule has 1 aromatic rings. The number of H-pyrrole nitrogens is 1. The van der Waals surface area contributed by atoms with Crippen LogP contribution < -0.4 is 0 Å². The third kappa shape index (κ3) is 3.01. The van der Waals surface area contributed by atoms with Crippen LogP contribution in [-0.2, 0) is 4.79 Å². The SMILES string of the molecule is CC(=O)c1c[nH]c(C(=O)N2CCC(CC(=O)O)C2)c1. The summed E-state index contributed by atoms with van der Waals surface area (Å²) >= 11 is 0. The number of aromatic amines is 1. The third-order valence-electron chi connectivity index (χ3n) is 3.36. The maximum absolute atomic E-state index is 12.2. The van der Waals surface area contributed by atoms with Gasteiger partial charge in [-0.05, 0) is 25.3 Å². The minimum atomic E-state index is -0.835. The summed E-state index contributed by atoms with van der Waals surface area (Å²) in [7, 11) is 0. The highest BCUT2D eigenvalue weighted by Crippen LogP contribution is 2.21. The molecule has 2 heterocycles. The van der Waals surface area contributed by atoms with Crippen molar-refractivity contribution in [2.75, 3.05) is 13.1 Å². The van der Waals surface area contributed by atoms with Crippen molar-refractivity contribution in [1.82, 2.24) is 9.88 Å². The van der Waals surface area contributed by atoms with E-state index in [4.69, 9.17) is 5.11 Å². The predicted molar refractivity (Wildman–Crippen MR) is 67.1 cm³/mol. The molecular weight excluding hydrogens is 248 g/mol. The van der Waals surface area contributed by atoms with E-state index >= 15 is 0 Å². The molecular formula is C13H16N2O4. The Kier molecular flexibility index (Phi) is 3.69. The van der Waals surface area contributed by atoms with Crippen molar-refractivity contribution in [3.63, 3.8) is 0 Å². The van der Waals surface area contributed by atoms with Crippen molar-refractivity contribution < 1.29 is 19.5 Å². The maximum Gasteiger partial charge on any atom is 0.303 e. The number of Topliss-reactive ketones (excluding diaryl/α,β-unsaturated/α-hetero) is 1. The molecule has 2 rings (SSSR count). The van der Waals surface area contributed by atoms with E-state index in [0.717, 1.165) is 0 Å². The van der Waals surface area contributed by atoms with Crippen LogP contribution in [-0.4, -0.2) is 45.7 Å². The van der Waals surface area contributed by atoms with E-state index in [1.165, 1.54) is 19.2 Å². The smallest absolute Gasteiger partial charge is 0.303 e. The van der Waals surface area contributed by atoms with E-state index in [0.29, 0.717) is 30.8 Å². The molecule has 0 spiro atoms. The number of ketones is 1. The first-order chi connectivity index (χ1) is 8.97. The fourth-order valence-electron chi connectivity index (χ4n) is 2.32. The Morgan fingerprint density at radius 3 is 2.79 bits per heavy atom. The second-order valence-corrected chi connectivity index (χ2v) is 4.86. The summed E-state index contributed by atoms with van der Waals surface area (Å²) in [4.78, 5) is 38.4. The monoisotopic (exact) mass is 264 g/mol. The molecule has 1 aliphatic rings. The van der Waals surface area contributed by atoms with Crippen LogP contribution in [0.5, 0.6) is 0 Å². The first-order valence-electron chi connectivity index (χ1n) is 6.18. The second kappa shape index (κ2) is 5.26. The number of aromatic nitrogens is 1. The van der Waals surface area contributed by atoms with E-state index in [2.05, 4.69) is 4.98 Å². The summed E-state index contributed by atoms with van der Waals surface area (Å²) < 4.78 is 0. The lowest BCUT2D eigenvalue weighted by Crippen LogP contribution is -2.29. The van der Waals surface area contributed by atoms with Gasteiger partial charge in [0, 0.05) is 31.3 Å². The molecule has 1 fully saturated rings. The first-order valence-corrected chi connectivity index (χ1v) is 6.18. The number of hydrogen-bond donors (Lipinski definition) is 2.